The number of fused-ring (bicyclic) bond motifs is 1. The van der Waals surface area contributed by atoms with Gasteiger partial charge in [-0.15, -0.1) is 0 Å². The van der Waals surface area contributed by atoms with Gasteiger partial charge in [-0.1, -0.05) is 18.2 Å². The molecule has 4 aromatic rings. The van der Waals surface area contributed by atoms with E-state index in [0.717, 1.165) is 0 Å². The first kappa shape index (κ1) is 20.4. The highest BCUT2D eigenvalue weighted by molar-refractivity contribution is 5.96. The minimum absolute atomic E-state index is 0.0933. The van der Waals surface area contributed by atoms with Gasteiger partial charge in [0.05, 0.1) is 24.1 Å². The van der Waals surface area contributed by atoms with Gasteiger partial charge in [-0.2, -0.15) is 9.49 Å². The van der Waals surface area contributed by atoms with Crippen molar-refractivity contribution in [1.82, 2.24) is 15.5 Å². The number of aromatic hydroxyl groups is 1. The summed E-state index contributed by atoms with van der Waals surface area (Å²) in [5.74, 6) is -0.295. The number of benzene rings is 3. The van der Waals surface area contributed by atoms with Gasteiger partial charge in [0.15, 0.2) is 0 Å². The number of phenols is 1. The first-order valence-corrected chi connectivity index (χ1v) is 9.61. The molecule has 3 aromatic carbocycles. The zero-order chi connectivity index (χ0) is 22.0. The van der Waals surface area contributed by atoms with Crippen LogP contribution in [0.5, 0.6) is 11.5 Å². The van der Waals surface area contributed by atoms with Gasteiger partial charge in [0, 0.05) is 12.1 Å². The Kier molecular flexibility index (Phi) is 5.55. The number of nitrogens with zero attached hydrogens (tertiary/aromatic N) is 1. The second-order valence-electron chi connectivity index (χ2n) is 7.08. The summed E-state index contributed by atoms with van der Waals surface area (Å²) in [6.45, 7) is 0.155. The SMILES string of the molecule is COc1cc(C(=O)NC(CN)c2cccc(O)c2)cc(-c2ccc3n[nH]c(F)c3c2)c1. The highest BCUT2D eigenvalue weighted by Crippen LogP contribution is 2.29. The summed E-state index contributed by atoms with van der Waals surface area (Å²) in [5, 5.41) is 19.2. The third-order valence-corrected chi connectivity index (χ3v) is 5.06. The van der Waals surface area contributed by atoms with E-state index in [4.69, 9.17) is 10.5 Å². The summed E-state index contributed by atoms with van der Waals surface area (Å²) in [7, 11) is 1.51. The van der Waals surface area contributed by atoms with E-state index < -0.39 is 12.0 Å². The number of hydrogen-bond acceptors (Lipinski definition) is 5. The zero-order valence-electron chi connectivity index (χ0n) is 16.7. The van der Waals surface area contributed by atoms with Crippen LogP contribution in [0.3, 0.4) is 0 Å². The number of carbonyl (C=O) groups excluding carboxylic acids is 1. The average molecular weight is 420 g/mol. The topological polar surface area (TPSA) is 113 Å². The minimum Gasteiger partial charge on any atom is -0.508 e. The van der Waals surface area contributed by atoms with E-state index in [-0.39, 0.29) is 18.2 Å². The van der Waals surface area contributed by atoms with Crippen LogP contribution in [0, 0.1) is 5.95 Å². The van der Waals surface area contributed by atoms with Gasteiger partial charge in [0.2, 0.25) is 5.95 Å². The summed E-state index contributed by atoms with van der Waals surface area (Å²) < 4.78 is 19.3. The number of rotatable bonds is 6. The molecule has 7 nitrogen and oxygen atoms in total. The van der Waals surface area contributed by atoms with Gasteiger partial charge in [0.25, 0.3) is 5.91 Å². The summed E-state index contributed by atoms with van der Waals surface area (Å²) in [5.41, 5.74) is 8.82. The molecule has 8 heteroatoms. The van der Waals surface area contributed by atoms with Gasteiger partial charge in [-0.3, -0.25) is 9.89 Å². The molecule has 0 aliphatic heterocycles. The molecule has 1 unspecified atom stereocenters. The van der Waals surface area contributed by atoms with Crippen LogP contribution in [0.1, 0.15) is 22.0 Å². The van der Waals surface area contributed by atoms with Crippen molar-refractivity contribution < 1.29 is 19.0 Å². The van der Waals surface area contributed by atoms with Crippen LogP contribution in [0.2, 0.25) is 0 Å². The number of phenolic OH excluding ortho intramolecular Hbond substituents is 1. The van der Waals surface area contributed by atoms with Crippen LogP contribution in [0.4, 0.5) is 4.39 Å². The molecule has 0 spiro atoms. The van der Waals surface area contributed by atoms with Crippen LogP contribution in [0.25, 0.3) is 22.0 Å². The number of H-pyrrole nitrogens is 1. The molecule has 1 aromatic heterocycles. The maximum absolute atomic E-state index is 13.9. The van der Waals surface area contributed by atoms with Gasteiger partial charge in [0.1, 0.15) is 11.5 Å². The number of carbonyl (C=O) groups is 1. The average Bonchev–Trinajstić information content (AvgIpc) is 3.17. The van der Waals surface area contributed by atoms with E-state index in [1.54, 1.807) is 60.7 Å². The number of nitrogens with one attached hydrogen (secondary N) is 2. The quantitative estimate of drug-likeness (QED) is 0.381. The molecule has 5 N–H and O–H groups in total. The van der Waals surface area contributed by atoms with E-state index in [0.29, 0.717) is 38.9 Å². The smallest absolute Gasteiger partial charge is 0.251 e. The van der Waals surface area contributed by atoms with E-state index in [1.807, 2.05) is 0 Å². The Bertz CT molecular complexity index is 1250. The first-order chi connectivity index (χ1) is 15.0. The maximum Gasteiger partial charge on any atom is 0.251 e. The maximum atomic E-state index is 13.9. The van der Waals surface area contributed by atoms with Gasteiger partial charge in [-0.05, 0) is 59.2 Å². The number of aromatic amines is 1. The van der Waals surface area contributed by atoms with Crippen LogP contribution in [-0.4, -0.2) is 34.9 Å². The summed E-state index contributed by atoms with van der Waals surface area (Å²) >= 11 is 0. The molecule has 0 radical (unpaired) electrons. The first-order valence-electron chi connectivity index (χ1n) is 9.61. The highest BCUT2D eigenvalue weighted by Gasteiger charge is 2.17. The van der Waals surface area contributed by atoms with E-state index in [1.165, 1.54) is 7.11 Å². The molecule has 0 aliphatic rings. The second kappa shape index (κ2) is 8.45. The van der Waals surface area contributed by atoms with Crippen LogP contribution >= 0.6 is 0 Å². The van der Waals surface area contributed by atoms with Crippen molar-refractivity contribution in [1.29, 1.82) is 0 Å². The monoisotopic (exact) mass is 420 g/mol. The van der Waals surface area contributed by atoms with Crippen molar-refractivity contribution in [3.63, 3.8) is 0 Å². The van der Waals surface area contributed by atoms with Gasteiger partial charge >= 0.3 is 0 Å². The number of amides is 1. The highest BCUT2D eigenvalue weighted by atomic mass is 19.1. The normalized spacial score (nSPS) is 12.0. The predicted molar refractivity (Wildman–Crippen MR) is 115 cm³/mol. The van der Waals surface area contributed by atoms with E-state index >= 15 is 0 Å². The molecule has 4 rings (SSSR count). The fraction of sp³-hybridized carbons (Fsp3) is 0.130. The third-order valence-electron chi connectivity index (χ3n) is 5.06. The number of aromatic nitrogens is 2. The van der Waals surface area contributed by atoms with Crippen LogP contribution < -0.4 is 15.8 Å². The lowest BCUT2D eigenvalue weighted by Crippen LogP contribution is -2.33. The lowest BCUT2D eigenvalue weighted by atomic mass is 10.00. The molecule has 0 saturated heterocycles. The molecular weight excluding hydrogens is 399 g/mol. The van der Waals surface area contributed by atoms with Crippen molar-refractivity contribution in [3.05, 3.63) is 77.7 Å². The second-order valence-corrected chi connectivity index (χ2v) is 7.08. The molecule has 0 fully saturated rings. The number of nitrogens with two attached hydrogens (primary N) is 1. The molecule has 158 valence electrons. The Morgan fingerprint density at radius 3 is 2.77 bits per heavy atom. The Balaban J connectivity index is 1.67. The minimum atomic E-state index is -0.519. The van der Waals surface area contributed by atoms with E-state index in [9.17, 15) is 14.3 Å². The molecular formula is C23H21FN4O3. The van der Waals surface area contributed by atoms with Gasteiger partial charge in [-0.25, -0.2) is 0 Å². The summed E-state index contributed by atoms with van der Waals surface area (Å²) in [4.78, 5) is 13.0. The molecule has 1 heterocycles. The van der Waals surface area contributed by atoms with Crippen molar-refractivity contribution >= 4 is 16.8 Å². The largest absolute Gasteiger partial charge is 0.508 e. The molecule has 1 amide bonds. The number of methoxy groups -OCH3 is 1. The van der Waals surface area contributed by atoms with Crippen LogP contribution in [-0.2, 0) is 0 Å². The summed E-state index contributed by atoms with van der Waals surface area (Å²) in [6.07, 6.45) is 0. The Labute approximate surface area is 177 Å². The molecule has 0 aliphatic carbocycles. The summed E-state index contributed by atoms with van der Waals surface area (Å²) in [6, 6.07) is 16.4. The molecule has 31 heavy (non-hydrogen) atoms. The Morgan fingerprint density at radius 1 is 1.19 bits per heavy atom. The fourth-order valence-corrected chi connectivity index (χ4v) is 3.43. The Hall–Kier alpha value is -3.91. The zero-order valence-corrected chi connectivity index (χ0v) is 16.7. The third kappa shape index (κ3) is 4.19. The van der Waals surface area contributed by atoms with Crippen molar-refractivity contribution in [2.24, 2.45) is 5.73 Å². The van der Waals surface area contributed by atoms with Gasteiger partial charge < -0.3 is 20.9 Å². The Morgan fingerprint density at radius 2 is 2.03 bits per heavy atom. The fourth-order valence-electron chi connectivity index (χ4n) is 3.43. The number of halogens is 1. The van der Waals surface area contributed by atoms with Crippen molar-refractivity contribution in [3.8, 4) is 22.6 Å². The van der Waals surface area contributed by atoms with Crippen molar-refractivity contribution in [2.45, 2.75) is 6.04 Å². The standard InChI is InChI=1S/C23H21FN4O3/c1-31-18-9-15(13-5-6-20-19(11-13)22(24)28-27-20)7-16(10-18)23(30)26-21(12-25)14-3-2-4-17(29)8-14/h2-11,21,29H,12,25H2,1H3,(H,26,30)(H,27,28). The number of ether oxygens (including phenoxy) is 1. The molecule has 0 bridgehead atoms. The molecule has 1 atom stereocenters. The van der Waals surface area contributed by atoms with Crippen LogP contribution in [0.15, 0.2) is 60.7 Å². The lowest BCUT2D eigenvalue weighted by molar-refractivity contribution is 0.0937. The molecule has 0 saturated carbocycles. The number of hydrogen-bond donors (Lipinski definition) is 4. The lowest BCUT2D eigenvalue weighted by Gasteiger charge is -2.18. The van der Waals surface area contributed by atoms with E-state index in [2.05, 4.69) is 15.5 Å². The van der Waals surface area contributed by atoms with Crippen molar-refractivity contribution in [2.75, 3.05) is 13.7 Å². The predicted octanol–water partition coefficient (Wildman–Crippen LogP) is 3.51.